The molecule has 0 bridgehead atoms. The van der Waals surface area contributed by atoms with E-state index in [0.717, 1.165) is 25.7 Å². The van der Waals surface area contributed by atoms with E-state index < -0.39 is 17.8 Å². The van der Waals surface area contributed by atoms with Crippen molar-refractivity contribution in [2.45, 2.75) is 64.7 Å². The molecule has 0 atom stereocenters. The van der Waals surface area contributed by atoms with E-state index in [9.17, 15) is 18.0 Å². The molecule has 1 aromatic rings. The lowest BCUT2D eigenvalue weighted by molar-refractivity contribution is -0.141. The van der Waals surface area contributed by atoms with Gasteiger partial charge in [0.1, 0.15) is 0 Å². The Morgan fingerprint density at radius 3 is 2.38 bits per heavy atom. The van der Waals surface area contributed by atoms with Crippen LogP contribution in [0.1, 0.15) is 67.3 Å². The van der Waals surface area contributed by atoms with Crippen LogP contribution in [0.2, 0.25) is 0 Å². The molecule has 1 amide bonds. The van der Waals surface area contributed by atoms with Gasteiger partial charge in [-0.05, 0) is 33.6 Å². The fourth-order valence-electron chi connectivity index (χ4n) is 2.83. The van der Waals surface area contributed by atoms with Crippen molar-refractivity contribution in [3.05, 3.63) is 17.0 Å². The van der Waals surface area contributed by atoms with Crippen LogP contribution < -0.4 is 5.32 Å². The third-order valence-corrected chi connectivity index (χ3v) is 3.74. The summed E-state index contributed by atoms with van der Waals surface area (Å²) >= 11 is 0. The van der Waals surface area contributed by atoms with Gasteiger partial charge in [-0.3, -0.25) is 9.48 Å². The smallest absolute Gasteiger partial charge is 0.350 e. The molecule has 0 aromatic carbocycles. The fraction of sp³-hybridized carbons (Fsp3) is 0.714. The summed E-state index contributed by atoms with van der Waals surface area (Å²) in [6.07, 6.45) is -1.04. The van der Waals surface area contributed by atoms with Crippen LogP contribution in [0.15, 0.2) is 0 Å². The topological polar surface area (TPSA) is 46.9 Å². The number of hydrogen-bond donors (Lipinski definition) is 1. The first-order valence-corrected chi connectivity index (χ1v) is 7.19. The zero-order valence-corrected chi connectivity index (χ0v) is 12.4. The van der Waals surface area contributed by atoms with Crippen molar-refractivity contribution in [3.63, 3.8) is 0 Å². The molecule has 4 nitrogen and oxygen atoms in total. The van der Waals surface area contributed by atoms with Crippen LogP contribution in [0.5, 0.6) is 0 Å². The van der Waals surface area contributed by atoms with Gasteiger partial charge in [-0.1, -0.05) is 12.8 Å². The molecule has 0 saturated heterocycles. The summed E-state index contributed by atoms with van der Waals surface area (Å²) < 4.78 is 40.9. The summed E-state index contributed by atoms with van der Waals surface area (Å²) in [7, 11) is 0. The van der Waals surface area contributed by atoms with Crippen molar-refractivity contribution in [3.8, 4) is 0 Å². The Labute approximate surface area is 121 Å². The minimum Gasteiger partial charge on any atom is -0.350 e. The maximum absolute atomic E-state index is 13.2. The molecule has 0 aliphatic heterocycles. The Balaban J connectivity index is 2.47. The average Bonchev–Trinajstić information content (AvgIpc) is 2.93. The fourth-order valence-corrected chi connectivity index (χ4v) is 2.83. The quantitative estimate of drug-likeness (QED) is 0.929. The van der Waals surface area contributed by atoms with Crippen LogP contribution in [-0.4, -0.2) is 21.7 Å². The molecule has 1 N–H and O–H groups in total. The van der Waals surface area contributed by atoms with E-state index in [-0.39, 0.29) is 17.6 Å². The maximum atomic E-state index is 13.2. The molecule has 1 aliphatic rings. The Morgan fingerprint density at radius 2 is 1.90 bits per heavy atom. The minimum atomic E-state index is -4.63. The normalized spacial score (nSPS) is 16.7. The van der Waals surface area contributed by atoms with Gasteiger partial charge in [0.05, 0.1) is 11.6 Å². The molecule has 2 rings (SSSR count). The average molecular weight is 303 g/mol. The predicted molar refractivity (Wildman–Crippen MR) is 72.1 cm³/mol. The van der Waals surface area contributed by atoms with Crippen LogP contribution in [0.25, 0.3) is 0 Å². The van der Waals surface area contributed by atoms with Gasteiger partial charge in [-0.15, -0.1) is 0 Å². The van der Waals surface area contributed by atoms with Gasteiger partial charge in [0.15, 0.2) is 5.69 Å². The standard InChI is InChI=1S/C14H20F3N3O/c1-8(2)18-13(21)11-9(3)20(10-6-4-5-7-10)19-12(11)14(15,16)17/h8,10H,4-7H2,1-3H3,(H,18,21). The van der Waals surface area contributed by atoms with Crippen molar-refractivity contribution >= 4 is 5.91 Å². The molecule has 21 heavy (non-hydrogen) atoms. The Hall–Kier alpha value is -1.53. The van der Waals surface area contributed by atoms with Crippen molar-refractivity contribution in [2.24, 2.45) is 0 Å². The van der Waals surface area contributed by atoms with E-state index in [4.69, 9.17) is 0 Å². The number of aromatic nitrogens is 2. The Bertz CT molecular complexity index is 528. The van der Waals surface area contributed by atoms with Crippen LogP contribution in [0.4, 0.5) is 13.2 Å². The number of alkyl halides is 3. The second kappa shape index (κ2) is 5.69. The lowest BCUT2D eigenvalue weighted by atomic mass is 10.1. The van der Waals surface area contributed by atoms with Crippen molar-refractivity contribution in [1.82, 2.24) is 15.1 Å². The van der Waals surface area contributed by atoms with Gasteiger partial charge in [0.2, 0.25) is 0 Å². The van der Waals surface area contributed by atoms with E-state index >= 15 is 0 Å². The second-order valence-corrected chi connectivity index (χ2v) is 5.82. The van der Waals surface area contributed by atoms with Crippen LogP contribution in [-0.2, 0) is 6.18 Å². The van der Waals surface area contributed by atoms with Gasteiger partial charge >= 0.3 is 6.18 Å². The molecule has 0 radical (unpaired) electrons. The summed E-state index contributed by atoms with van der Waals surface area (Å²) in [4.78, 5) is 12.1. The molecule has 1 saturated carbocycles. The van der Waals surface area contributed by atoms with Gasteiger partial charge in [0, 0.05) is 11.7 Å². The molecule has 1 fully saturated rings. The molecule has 1 aromatic heterocycles. The van der Waals surface area contributed by atoms with E-state index in [1.807, 2.05) is 0 Å². The first-order valence-electron chi connectivity index (χ1n) is 7.19. The number of nitrogens with one attached hydrogen (secondary N) is 1. The lowest BCUT2D eigenvalue weighted by Crippen LogP contribution is -2.32. The summed E-state index contributed by atoms with van der Waals surface area (Å²) in [5, 5.41) is 6.25. The number of rotatable bonds is 3. The van der Waals surface area contributed by atoms with Crippen molar-refractivity contribution in [2.75, 3.05) is 0 Å². The van der Waals surface area contributed by atoms with E-state index in [2.05, 4.69) is 10.4 Å². The number of nitrogens with zero attached hydrogens (tertiary/aromatic N) is 2. The molecule has 0 unspecified atom stereocenters. The molecule has 1 aliphatic carbocycles. The SMILES string of the molecule is Cc1c(C(=O)NC(C)C)c(C(F)(F)F)nn1C1CCCC1. The highest BCUT2D eigenvalue weighted by Crippen LogP contribution is 2.36. The van der Waals surface area contributed by atoms with Crippen LogP contribution >= 0.6 is 0 Å². The van der Waals surface area contributed by atoms with Crippen LogP contribution in [0, 0.1) is 6.92 Å². The Morgan fingerprint density at radius 1 is 1.33 bits per heavy atom. The van der Waals surface area contributed by atoms with Gasteiger partial charge in [-0.2, -0.15) is 18.3 Å². The third kappa shape index (κ3) is 3.22. The first kappa shape index (κ1) is 15.9. The highest BCUT2D eigenvalue weighted by atomic mass is 19.4. The number of hydrogen-bond acceptors (Lipinski definition) is 2. The zero-order valence-electron chi connectivity index (χ0n) is 12.4. The largest absolute Gasteiger partial charge is 0.435 e. The first-order chi connectivity index (χ1) is 9.71. The molecule has 0 spiro atoms. The second-order valence-electron chi connectivity index (χ2n) is 5.82. The van der Waals surface area contributed by atoms with Crippen molar-refractivity contribution in [1.29, 1.82) is 0 Å². The zero-order chi connectivity index (χ0) is 15.8. The number of amides is 1. The molecule has 1 heterocycles. The number of carbonyl (C=O) groups excluding carboxylic acids is 1. The third-order valence-electron chi connectivity index (χ3n) is 3.74. The number of halogens is 3. The van der Waals surface area contributed by atoms with Gasteiger partial charge < -0.3 is 5.32 Å². The van der Waals surface area contributed by atoms with Crippen LogP contribution in [0.3, 0.4) is 0 Å². The van der Waals surface area contributed by atoms with Crippen molar-refractivity contribution < 1.29 is 18.0 Å². The van der Waals surface area contributed by atoms with E-state index in [1.165, 1.54) is 11.6 Å². The predicted octanol–water partition coefficient (Wildman–Crippen LogP) is 3.46. The molecular formula is C14H20F3N3O. The molecular weight excluding hydrogens is 283 g/mol. The summed E-state index contributed by atoms with van der Waals surface area (Å²) in [5.74, 6) is -0.709. The lowest BCUT2D eigenvalue weighted by Gasteiger charge is -2.13. The molecule has 7 heteroatoms. The van der Waals surface area contributed by atoms with Gasteiger partial charge in [0.25, 0.3) is 5.91 Å². The summed E-state index contributed by atoms with van der Waals surface area (Å²) in [6.45, 7) is 4.96. The monoisotopic (exact) mass is 303 g/mol. The molecule has 118 valence electrons. The summed E-state index contributed by atoms with van der Waals surface area (Å²) in [5.41, 5.74) is -1.12. The van der Waals surface area contributed by atoms with E-state index in [1.54, 1.807) is 13.8 Å². The summed E-state index contributed by atoms with van der Waals surface area (Å²) in [6, 6.07) is -0.264. The minimum absolute atomic E-state index is 0.0355. The number of carbonyl (C=O) groups is 1. The maximum Gasteiger partial charge on any atom is 0.435 e. The highest BCUT2D eigenvalue weighted by molar-refractivity contribution is 5.96. The Kier molecular flexibility index (Phi) is 4.30. The highest BCUT2D eigenvalue weighted by Gasteiger charge is 2.41. The van der Waals surface area contributed by atoms with Gasteiger partial charge in [-0.25, -0.2) is 0 Å². The van der Waals surface area contributed by atoms with E-state index in [0.29, 0.717) is 5.69 Å².